The molecule has 0 bridgehead atoms. The van der Waals surface area contributed by atoms with Gasteiger partial charge in [-0.25, -0.2) is 0 Å². The van der Waals surface area contributed by atoms with Crippen LogP contribution in [0.4, 0.5) is 0 Å². The normalized spacial score (nSPS) is 29.2. The molecule has 1 aliphatic carbocycles. The van der Waals surface area contributed by atoms with Gasteiger partial charge in [0.15, 0.2) is 0 Å². The van der Waals surface area contributed by atoms with E-state index in [2.05, 4.69) is 4.90 Å². The van der Waals surface area contributed by atoms with Crippen molar-refractivity contribution in [3.05, 3.63) is 0 Å². The Morgan fingerprint density at radius 3 is 2.91 bits per heavy atom. The van der Waals surface area contributed by atoms with Gasteiger partial charge in [0.1, 0.15) is 0 Å². The summed E-state index contributed by atoms with van der Waals surface area (Å²) >= 11 is 0. The van der Waals surface area contributed by atoms with Crippen LogP contribution in [0.1, 0.15) is 12.8 Å². The molecule has 0 radical (unpaired) electrons. The van der Waals surface area contributed by atoms with Gasteiger partial charge in [-0.2, -0.15) is 0 Å². The van der Waals surface area contributed by atoms with Gasteiger partial charge in [0, 0.05) is 19.6 Å². The van der Waals surface area contributed by atoms with E-state index in [1.807, 2.05) is 0 Å². The van der Waals surface area contributed by atoms with Crippen molar-refractivity contribution >= 4 is 0 Å². The second-order valence-corrected chi connectivity index (χ2v) is 3.53. The number of hydrogen-bond acceptors (Lipinski definition) is 3. The molecule has 3 nitrogen and oxygen atoms in total. The molecule has 2 aliphatic rings. The highest BCUT2D eigenvalue weighted by atomic mass is 16.5. The Labute approximate surface area is 66.9 Å². The first-order chi connectivity index (χ1) is 5.35. The lowest BCUT2D eigenvalue weighted by Crippen LogP contribution is -2.44. The van der Waals surface area contributed by atoms with Crippen LogP contribution in [0.5, 0.6) is 0 Å². The third-order valence-corrected chi connectivity index (χ3v) is 2.55. The molecule has 3 heteroatoms. The smallest absolute Gasteiger partial charge is 0.0811 e. The zero-order chi connectivity index (χ0) is 7.73. The van der Waals surface area contributed by atoms with Gasteiger partial charge < -0.3 is 9.84 Å². The third-order valence-electron chi connectivity index (χ3n) is 2.55. The van der Waals surface area contributed by atoms with Gasteiger partial charge in [0.2, 0.25) is 0 Å². The van der Waals surface area contributed by atoms with Gasteiger partial charge in [0.05, 0.1) is 18.8 Å². The van der Waals surface area contributed by atoms with E-state index >= 15 is 0 Å². The largest absolute Gasteiger partial charge is 0.395 e. The molecule has 2 rings (SSSR count). The molecule has 1 spiro atoms. The van der Waals surface area contributed by atoms with Crippen molar-refractivity contribution in [3.63, 3.8) is 0 Å². The van der Waals surface area contributed by atoms with Crippen LogP contribution in [0.25, 0.3) is 0 Å². The van der Waals surface area contributed by atoms with Crippen molar-refractivity contribution in [1.82, 2.24) is 4.90 Å². The maximum absolute atomic E-state index is 8.73. The quantitative estimate of drug-likeness (QED) is 0.604. The summed E-state index contributed by atoms with van der Waals surface area (Å²) < 4.78 is 5.63. The minimum absolute atomic E-state index is 0.216. The van der Waals surface area contributed by atoms with Crippen molar-refractivity contribution < 1.29 is 9.84 Å². The van der Waals surface area contributed by atoms with Crippen LogP contribution in [0.2, 0.25) is 0 Å². The van der Waals surface area contributed by atoms with Crippen LogP contribution in [0.3, 0.4) is 0 Å². The molecule has 1 aliphatic heterocycles. The summed E-state index contributed by atoms with van der Waals surface area (Å²) in [6.45, 7) is 3.96. The Morgan fingerprint density at radius 2 is 2.27 bits per heavy atom. The van der Waals surface area contributed by atoms with Crippen molar-refractivity contribution in [1.29, 1.82) is 0 Å². The summed E-state index contributed by atoms with van der Waals surface area (Å²) in [5.41, 5.74) is 0.216. The second-order valence-electron chi connectivity index (χ2n) is 3.53. The van der Waals surface area contributed by atoms with Crippen molar-refractivity contribution in [3.8, 4) is 0 Å². The Bertz CT molecular complexity index is 143. The highest BCUT2D eigenvalue weighted by Gasteiger charge is 2.47. The van der Waals surface area contributed by atoms with Crippen LogP contribution < -0.4 is 0 Å². The van der Waals surface area contributed by atoms with E-state index in [9.17, 15) is 0 Å². The average Bonchev–Trinajstić information content (AvgIpc) is 2.70. The minimum Gasteiger partial charge on any atom is -0.395 e. The maximum Gasteiger partial charge on any atom is 0.0811 e. The van der Waals surface area contributed by atoms with E-state index in [1.165, 1.54) is 12.8 Å². The van der Waals surface area contributed by atoms with E-state index in [1.54, 1.807) is 0 Å². The number of nitrogens with zero attached hydrogens (tertiary/aromatic N) is 1. The molecule has 0 aromatic carbocycles. The number of aliphatic hydroxyl groups excluding tert-OH is 1. The number of morpholine rings is 1. The molecule has 64 valence electrons. The summed E-state index contributed by atoms with van der Waals surface area (Å²) in [6, 6.07) is 0. The molecule has 0 aromatic rings. The van der Waals surface area contributed by atoms with Crippen LogP contribution in [0.15, 0.2) is 0 Å². The highest BCUT2D eigenvalue weighted by Crippen LogP contribution is 2.41. The zero-order valence-electron chi connectivity index (χ0n) is 6.75. The van der Waals surface area contributed by atoms with Crippen molar-refractivity contribution in [2.24, 2.45) is 0 Å². The predicted molar refractivity (Wildman–Crippen MR) is 41.4 cm³/mol. The fourth-order valence-corrected chi connectivity index (χ4v) is 1.70. The molecular weight excluding hydrogens is 142 g/mol. The lowest BCUT2D eigenvalue weighted by molar-refractivity contribution is -0.0491. The number of hydrogen-bond donors (Lipinski definition) is 1. The van der Waals surface area contributed by atoms with Gasteiger partial charge in [-0.15, -0.1) is 0 Å². The van der Waals surface area contributed by atoms with Crippen LogP contribution in [-0.2, 0) is 4.74 Å². The van der Waals surface area contributed by atoms with Gasteiger partial charge in [-0.3, -0.25) is 4.90 Å². The van der Waals surface area contributed by atoms with Crippen molar-refractivity contribution in [2.45, 2.75) is 18.4 Å². The number of rotatable bonds is 2. The van der Waals surface area contributed by atoms with Gasteiger partial charge in [-0.1, -0.05) is 0 Å². The molecule has 1 saturated heterocycles. The Kier molecular flexibility index (Phi) is 1.87. The highest BCUT2D eigenvalue weighted by molar-refractivity contribution is 5.00. The monoisotopic (exact) mass is 157 g/mol. The van der Waals surface area contributed by atoms with Crippen LogP contribution >= 0.6 is 0 Å². The Hall–Kier alpha value is -0.120. The molecule has 0 aromatic heterocycles. The third kappa shape index (κ3) is 1.55. The summed E-state index contributed by atoms with van der Waals surface area (Å²) in [5, 5.41) is 8.73. The molecule has 1 heterocycles. The van der Waals surface area contributed by atoms with E-state index < -0.39 is 0 Å². The van der Waals surface area contributed by atoms with E-state index in [0.717, 1.165) is 26.2 Å². The van der Waals surface area contributed by atoms with Gasteiger partial charge in [0.25, 0.3) is 0 Å². The first kappa shape index (κ1) is 7.53. The molecule has 1 saturated carbocycles. The molecule has 11 heavy (non-hydrogen) atoms. The second kappa shape index (κ2) is 2.73. The minimum atomic E-state index is 0.216. The summed E-state index contributed by atoms with van der Waals surface area (Å²) in [7, 11) is 0. The van der Waals surface area contributed by atoms with E-state index in [4.69, 9.17) is 9.84 Å². The van der Waals surface area contributed by atoms with E-state index in [-0.39, 0.29) is 12.2 Å². The average molecular weight is 157 g/mol. The standard InChI is InChI=1S/C8H15NO2/c10-5-3-9-4-6-11-8(7-9)1-2-8/h10H,1-7H2. The molecular formula is C8H15NO2. The van der Waals surface area contributed by atoms with E-state index in [0.29, 0.717) is 0 Å². The summed E-state index contributed by atoms with van der Waals surface area (Å²) in [5.74, 6) is 0. The Balaban J connectivity index is 1.83. The first-order valence-electron chi connectivity index (χ1n) is 4.32. The molecule has 1 N–H and O–H groups in total. The summed E-state index contributed by atoms with van der Waals surface area (Å²) in [4.78, 5) is 2.29. The number of ether oxygens (including phenoxy) is 1. The molecule has 2 fully saturated rings. The number of aliphatic hydroxyl groups is 1. The SMILES string of the molecule is OCCN1CCOC2(CC2)C1. The number of β-amino-alcohol motifs (C(OH)–C–C–N with tert-alkyl or cyclic N) is 1. The molecule has 0 atom stereocenters. The lowest BCUT2D eigenvalue weighted by atomic mass is 10.2. The molecule has 0 unspecified atom stereocenters. The van der Waals surface area contributed by atoms with Crippen molar-refractivity contribution in [2.75, 3.05) is 32.8 Å². The fraction of sp³-hybridized carbons (Fsp3) is 1.00. The zero-order valence-corrected chi connectivity index (χ0v) is 6.75. The van der Waals surface area contributed by atoms with Crippen LogP contribution in [0, 0.1) is 0 Å². The first-order valence-corrected chi connectivity index (χ1v) is 4.32. The fourth-order valence-electron chi connectivity index (χ4n) is 1.70. The van der Waals surface area contributed by atoms with Gasteiger partial charge in [-0.05, 0) is 12.8 Å². The summed E-state index contributed by atoms with van der Waals surface area (Å²) in [6.07, 6.45) is 2.43. The Morgan fingerprint density at radius 1 is 1.45 bits per heavy atom. The van der Waals surface area contributed by atoms with Gasteiger partial charge >= 0.3 is 0 Å². The maximum atomic E-state index is 8.73. The lowest BCUT2D eigenvalue weighted by Gasteiger charge is -2.32. The predicted octanol–water partition coefficient (Wildman–Crippen LogP) is -0.157. The van der Waals surface area contributed by atoms with Crippen LogP contribution in [-0.4, -0.2) is 48.5 Å². The molecule has 0 amide bonds. The topological polar surface area (TPSA) is 32.7 Å².